The van der Waals surface area contributed by atoms with Gasteiger partial charge in [0.15, 0.2) is 0 Å². The van der Waals surface area contributed by atoms with Crippen LogP contribution in [0.1, 0.15) is 16.8 Å². The Kier molecular flexibility index (Phi) is 4.77. The lowest BCUT2D eigenvalue weighted by molar-refractivity contribution is -0.107. The van der Waals surface area contributed by atoms with Gasteiger partial charge in [-0.15, -0.1) is 0 Å². The maximum atomic E-state index is 12.1. The molecule has 0 fully saturated rings. The van der Waals surface area contributed by atoms with Crippen LogP contribution in [0.5, 0.6) is 0 Å². The maximum Gasteiger partial charge on any atom is 0.147 e. The first-order chi connectivity index (χ1) is 13.8. The molecule has 0 spiro atoms. The van der Waals surface area contributed by atoms with Crippen molar-refractivity contribution in [2.45, 2.75) is 6.04 Å². The maximum absolute atomic E-state index is 12.1. The van der Waals surface area contributed by atoms with E-state index in [4.69, 9.17) is 0 Å². The smallest absolute Gasteiger partial charge is 0.147 e. The van der Waals surface area contributed by atoms with Gasteiger partial charge in [-0.25, -0.2) is 0 Å². The second-order valence-electron chi connectivity index (χ2n) is 6.27. The summed E-state index contributed by atoms with van der Waals surface area (Å²) in [5.41, 5.74) is 4.39. The topological polar surface area (TPSA) is 69.9 Å². The molecular weight excluding hydrogens is 348 g/mol. The number of benzene rings is 2. The van der Waals surface area contributed by atoms with E-state index in [0.717, 1.165) is 28.7 Å². The van der Waals surface area contributed by atoms with Gasteiger partial charge in [0, 0.05) is 23.7 Å². The average molecular weight is 364 g/mol. The second-order valence-corrected chi connectivity index (χ2v) is 6.27. The lowest BCUT2D eigenvalue weighted by Crippen LogP contribution is -2.35. The number of aromatic nitrogens is 2. The third kappa shape index (κ3) is 3.19. The zero-order valence-corrected chi connectivity index (χ0v) is 14.9. The molecule has 1 unspecified atom stereocenters. The van der Waals surface area contributed by atoms with Crippen molar-refractivity contribution in [3.8, 4) is 6.07 Å². The number of rotatable bonds is 4. The minimum absolute atomic E-state index is 0.522. The Bertz CT molecular complexity index is 1100. The van der Waals surface area contributed by atoms with Gasteiger partial charge < -0.3 is 9.69 Å². The number of hydrogen-bond acceptors (Lipinski definition) is 5. The van der Waals surface area contributed by atoms with Crippen LogP contribution in [0.15, 0.2) is 85.2 Å². The van der Waals surface area contributed by atoms with Crippen molar-refractivity contribution in [1.29, 1.82) is 5.26 Å². The zero-order valence-electron chi connectivity index (χ0n) is 14.9. The fourth-order valence-electron chi connectivity index (χ4n) is 3.31. The van der Waals surface area contributed by atoms with E-state index in [1.807, 2.05) is 77.8 Å². The molecule has 5 heteroatoms. The molecular formula is C23H16N4O. The van der Waals surface area contributed by atoms with Gasteiger partial charge >= 0.3 is 0 Å². The standard InChI is InChI=1S/C23H16N4O/c24-14-17-7-4-5-10-20(17)21-13-18(22-11-6-12-25-26-22)15-27(23(21)16-28)19-8-2-1-3-9-19/h1-13,15-16,23H. The van der Waals surface area contributed by atoms with Gasteiger partial charge in [-0.2, -0.15) is 15.5 Å². The predicted molar refractivity (Wildman–Crippen MR) is 108 cm³/mol. The van der Waals surface area contributed by atoms with Gasteiger partial charge in [0.05, 0.1) is 17.3 Å². The molecule has 0 bridgehead atoms. The lowest BCUT2D eigenvalue weighted by Gasteiger charge is -2.33. The monoisotopic (exact) mass is 364 g/mol. The molecule has 28 heavy (non-hydrogen) atoms. The second kappa shape index (κ2) is 7.68. The average Bonchev–Trinajstić information content (AvgIpc) is 2.79. The van der Waals surface area contributed by atoms with E-state index in [2.05, 4.69) is 16.3 Å². The third-order valence-electron chi connectivity index (χ3n) is 4.62. The molecule has 3 aromatic rings. The Morgan fingerprint density at radius 1 is 1.00 bits per heavy atom. The van der Waals surface area contributed by atoms with E-state index in [-0.39, 0.29) is 0 Å². The Hall–Kier alpha value is -4.04. The van der Waals surface area contributed by atoms with Gasteiger partial charge in [-0.3, -0.25) is 0 Å². The summed E-state index contributed by atoms with van der Waals surface area (Å²) in [5.74, 6) is 0. The molecule has 0 radical (unpaired) electrons. The van der Waals surface area contributed by atoms with E-state index in [9.17, 15) is 10.1 Å². The third-order valence-corrected chi connectivity index (χ3v) is 4.62. The number of allylic oxidation sites excluding steroid dienone is 2. The highest BCUT2D eigenvalue weighted by Gasteiger charge is 2.28. The number of aldehydes is 1. The first-order valence-electron chi connectivity index (χ1n) is 8.81. The van der Waals surface area contributed by atoms with E-state index < -0.39 is 6.04 Å². The van der Waals surface area contributed by atoms with Gasteiger partial charge in [-0.05, 0) is 47.5 Å². The highest BCUT2D eigenvalue weighted by Crippen LogP contribution is 2.35. The Balaban J connectivity index is 1.93. The van der Waals surface area contributed by atoms with Crippen LogP contribution >= 0.6 is 0 Å². The molecule has 2 heterocycles. The summed E-state index contributed by atoms with van der Waals surface area (Å²) < 4.78 is 0. The molecule has 4 rings (SSSR count). The van der Waals surface area contributed by atoms with Gasteiger partial charge in [0.25, 0.3) is 0 Å². The van der Waals surface area contributed by atoms with Crippen molar-refractivity contribution < 1.29 is 4.79 Å². The van der Waals surface area contributed by atoms with Gasteiger partial charge in [0.2, 0.25) is 0 Å². The number of hydrogen-bond donors (Lipinski definition) is 0. The number of nitrogens with zero attached hydrogens (tertiary/aromatic N) is 4. The van der Waals surface area contributed by atoms with E-state index >= 15 is 0 Å². The summed E-state index contributed by atoms with van der Waals surface area (Å²) in [7, 11) is 0. The van der Waals surface area contributed by atoms with E-state index in [1.54, 1.807) is 12.3 Å². The molecule has 0 N–H and O–H groups in total. The highest BCUT2D eigenvalue weighted by molar-refractivity contribution is 5.99. The molecule has 0 saturated carbocycles. The summed E-state index contributed by atoms with van der Waals surface area (Å²) in [5, 5.41) is 17.7. The van der Waals surface area contributed by atoms with Crippen LogP contribution in [0.4, 0.5) is 5.69 Å². The van der Waals surface area contributed by atoms with Gasteiger partial charge in [-0.1, -0.05) is 36.4 Å². The number of para-hydroxylation sites is 1. The molecule has 0 aliphatic carbocycles. The van der Waals surface area contributed by atoms with Crippen molar-refractivity contribution in [2.75, 3.05) is 4.90 Å². The van der Waals surface area contributed by atoms with Crippen LogP contribution in [0.3, 0.4) is 0 Å². The summed E-state index contributed by atoms with van der Waals surface area (Å²) >= 11 is 0. The van der Waals surface area contributed by atoms with Crippen molar-refractivity contribution in [2.24, 2.45) is 0 Å². The van der Waals surface area contributed by atoms with Crippen molar-refractivity contribution in [1.82, 2.24) is 10.2 Å². The molecule has 5 nitrogen and oxygen atoms in total. The minimum atomic E-state index is -0.558. The molecule has 0 saturated heterocycles. The lowest BCUT2D eigenvalue weighted by atomic mass is 9.89. The first-order valence-corrected chi connectivity index (χ1v) is 8.81. The molecule has 1 atom stereocenters. The highest BCUT2D eigenvalue weighted by atomic mass is 16.1. The molecule has 0 amide bonds. The Morgan fingerprint density at radius 2 is 1.79 bits per heavy atom. The van der Waals surface area contributed by atoms with Crippen LogP contribution in [-0.4, -0.2) is 22.5 Å². The van der Waals surface area contributed by atoms with Crippen LogP contribution < -0.4 is 4.90 Å². The molecule has 1 aromatic heterocycles. The van der Waals surface area contributed by atoms with Crippen LogP contribution in [0.25, 0.3) is 11.1 Å². The quantitative estimate of drug-likeness (QED) is 0.658. The number of anilines is 1. The SMILES string of the molecule is N#Cc1ccccc1C1=CC(c2cccnn2)=CN(c2ccccc2)C1C=O. The summed E-state index contributed by atoms with van der Waals surface area (Å²) in [6, 6.07) is 22.3. The Labute approximate surface area is 162 Å². The normalized spacial score (nSPS) is 16.0. The van der Waals surface area contributed by atoms with Gasteiger partial charge in [0.1, 0.15) is 12.3 Å². The molecule has 2 aromatic carbocycles. The summed E-state index contributed by atoms with van der Waals surface area (Å²) in [4.78, 5) is 14.1. The molecule has 1 aliphatic rings. The van der Waals surface area contributed by atoms with Crippen molar-refractivity contribution in [3.63, 3.8) is 0 Å². The fourth-order valence-corrected chi connectivity index (χ4v) is 3.31. The summed E-state index contributed by atoms with van der Waals surface area (Å²) in [6.45, 7) is 0. The minimum Gasteiger partial charge on any atom is -0.333 e. The zero-order chi connectivity index (χ0) is 19.3. The summed E-state index contributed by atoms with van der Waals surface area (Å²) in [6.07, 6.45) is 6.33. The fraction of sp³-hybridized carbons (Fsp3) is 0.0435. The van der Waals surface area contributed by atoms with Crippen LogP contribution in [-0.2, 0) is 4.79 Å². The predicted octanol–water partition coefficient (Wildman–Crippen LogP) is 3.86. The number of nitriles is 1. The van der Waals surface area contributed by atoms with Crippen molar-refractivity contribution in [3.05, 3.63) is 102 Å². The van der Waals surface area contributed by atoms with Crippen LogP contribution in [0, 0.1) is 11.3 Å². The first kappa shape index (κ1) is 17.4. The molecule has 1 aliphatic heterocycles. The number of carbonyl (C=O) groups is 1. The van der Waals surface area contributed by atoms with Crippen LogP contribution in [0.2, 0.25) is 0 Å². The largest absolute Gasteiger partial charge is 0.333 e. The van der Waals surface area contributed by atoms with E-state index in [0.29, 0.717) is 11.3 Å². The van der Waals surface area contributed by atoms with Crippen molar-refractivity contribution >= 4 is 23.1 Å². The van der Waals surface area contributed by atoms with E-state index in [1.165, 1.54) is 0 Å². The molecule has 134 valence electrons. The Morgan fingerprint density at radius 3 is 2.50 bits per heavy atom. The number of carbonyl (C=O) groups excluding carboxylic acids is 1.